The minimum Gasteiger partial charge on any atom is -0.329 e. The molecule has 0 aliphatic heterocycles. The average Bonchev–Trinajstić information content (AvgIpc) is 3.13. The highest BCUT2D eigenvalue weighted by Crippen LogP contribution is 2.33. The first kappa shape index (κ1) is 12.9. The van der Waals surface area contributed by atoms with Gasteiger partial charge >= 0.3 is 0 Å². The van der Waals surface area contributed by atoms with Gasteiger partial charge in [0.2, 0.25) is 0 Å². The molecule has 1 saturated carbocycles. The van der Waals surface area contributed by atoms with E-state index in [1.165, 1.54) is 31.2 Å². The number of halogens is 1. The molecule has 0 amide bonds. The molecule has 1 aromatic carbocycles. The van der Waals surface area contributed by atoms with Gasteiger partial charge in [-0.05, 0) is 43.0 Å². The maximum atomic E-state index is 5.99. The van der Waals surface area contributed by atoms with Gasteiger partial charge in [-0.3, -0.25) is 0 Å². The smallest absolute Gasteiger partial charge is 0.0445 e. The first-order valence-electron chi connectivity index (χ1n) is 6.48. The van der Waals surface area contributed by atoms with Crippen molar-refractivity contribution in [3.63, 3.8) is 0 Å². The molecule has 1 atom stereocenters. The van der Waals surface area contributed by atoms with Crippen molar-refractivity contribution in [2.45, 2.75) is 31.7 Å². The Morgan fingerprint density at radius 3 is 2.88 bits per heavy atom. The van der Waals surface area contributed by atoms with Crippen LogP contribution in [0.25, 0.3) is 0 Å². The molecule has 0 aromatic heterocycles. The summed E-state index contributed by atoms with van der Waals surface area (Å²) in [5.74, 6) is 1.01. The van der Waals surface area contributed by atoms with Gasteiger partial charge in [0.15, 0.2) is 0 Å². The average molecular weight is 253 g/mol. The lowest BCUT2D eigenvalue weighted by atomic mass is 10.1. The normalized spacial score (nSPS) is 17.1. The molecule has 3 N–H and O–H groups in total. The molecule has 94 valence electrons. The SMILES string of the molecule is NCC(NCCCC1CC1)c1cccc(Cl)c1. The minimum atomic E-state index is 0.230. The Bertz CT molecular complexity index is 350. The lowest BCUT2D eigenvalue weighted by Gasteiger charge is -2.17. The van der Waals surface area contributed by atoms with Crippen molar-refractivity contribution in [3.05, 3.63) is 34.9 Å². The van der Waals surface area contributed by atoms with Gasteiger partial charge in [-0.2, -0.15) is 0 Å². The zero-order chi connectivity index (χ0) is 12.1. The fourth-order valence-electron chi connectivity index (χ4n) is 2.13. The minimum absolute atomic E-state index is 0.230. The molecule has 1 aliphatic carbocycles. The highest BCUT2D eigenvalue weighted by atomic mass is 35.5. The Morgan fingerprint density at radius 2 is 2.24 bits per heavy atom. The molecule has 17 heavy (non-hydrogen) atoms. The summed E-state index contributed by atoms with van der Waals surface area (Å²) in [7, 11) is 0. The van der Waals surface area contributed by atoms with Crippen LogP contribution in [0.3, 0.4) is 0 Å². The maximum absolute atomic E-state index is 5.99. The molecule has 0 bridgehead atoms. The van der Waals surface area contributed by atoms with Crippen LogP contribution in [0.4, 0.5) is 0 Å². The van der Waals surface area contributed by atoms with Crippen molar-refractivity contribution >= 4 is 11.6 Å². The molecule has 2 rings (SSSR count). The van der Waals surface area contributed by atoms with Crippen molar-refractivity contribution in [2.75, 3.05) is 13.1 Å². The predicted molar refractivity (Wildman–Crippen MR) is 73.2 cm³/mol. The van der Waals surface area contributed by atoms with Crippen LogP contribution in [-0.4, -0.2) is 13.1 Å². The fraction of sp³-hybridized carbons (Fsp3) is 0.571. The van der Waals surface area contributed by atoms with Gasteiger partial charge < -0.3 is 11.1 Å². The molecule has 2 nitrogen and oxygen atoms in total. The zero-order valence-electron chi connectivity index (χ0n) is 10.2. The van der Waals surface area contributed by atoms with Gasteiger partial charge in [0, 0.05) is 17.6 Å². The number of benzene rings is 1. The second-order valence-electron chi connectivity index (χ2n) is 4.88. The van der Waals surface area contributed by atoms with E-state index in [1.807, 2.05) is 18.2 Å². The lowest BCUT2D eigenvalue weighted by Crippen LogP contribution is -2.29. The third-order valence-electron chi connectivity index (χ3n) is 3.36. The van der Waals surface area contributed by atoms with Crippen molar-refractivity contribution in [1.82, 2.24) is 5.32 Å². The first-order valence-corrected chi connectivity index (χ1v) is 6.86. The Hall–Kier alpha value is -0.570. The van der Waals surface area contributed by atoms with E-state index in [2.05, 4.69) is 11.4 Å². The van der Waals surface area contributed by atoms with E-state index in [0.29, 0.717) is 6.54 Å². The van der Waals surface area contributed by atoms with Crippen LogP contribution >= 0.6 is 11.6 Å². The topological polar surface area (TPSA) is 38.0 Å². The number of hydrogen-bond acceptors (Lipinski definition) is 2. The van der Waals surface area contributed by atoms with Gasteiger partial charge in [-0.1, -0.05) is 36.6 Å². The van der Waals surface area contributed by atoms with Crippen LogP contribution < -0.4 is 11.1 Å². The van der Waals surface area contributed by atoms with Crippen molar-refractivity contribution in [1.29, 1.82) is 0 Å². The molecule has 0 spiro atoms. The van der Waals surface area contributed by atoms with Gasteiger partial charge in [0.05, 0.1) is 0 Å². The Morgan fingerprint density at radius 1 is 1.41 bits per heavy atom. The highest BCUT2D eigenvalue weighted by Gasteiger charge is 2.20. The molecule has 0 saturated heterocycles. The summed E-state index contributed by atoms with van der Waals surface area (Å²) in [5.41, 5.74) is 6.99. The molecule has 0 radical (unpaired) electrons. The van der Waals surface area contributed by atoms with Crippen molar-refractivity contribution < 1.29 is 0 Å². The monoisotopic (exact) mass is 252 g/mol. The number of nitrogens with one attached hydrogen (secondary N) is 1. The molecular weight excluding hydrogens is 232 g/mol. The van der Waals surface area contributed by atoms with E-state index in [-0.39, 0.29) is 6.04 Å². The molecule has 1 fully saturated rings. The van der Waals surface area contributed by atoms with Gasteiger partial charge in [-0.15, -0.1) is 0 Å². The summed E-state index contributed by atoms with van der Waals surface area (Å²) in [4.78, 5) is 0. The summed E-state index contributed by atoms with van der Waals surface area (Å²) in [6, 6.07) is 8.18. The molecule has 1 aromatic rings. The lowest BCUT2D eigenvalue weighted by molar-refractivity contribution is 0.512. The summed E-state index contributed by atoms with van der Waals surface area (Å²) in [6.45, 7) is 1.66. The molecule has 1 aliphatic rings. The van der Waals surface area contributed by atoms with Crippen LogP contribution in [-0.2, 0) is 0 Å². The van der Waals surface area contributed by atoms with Gasteiger partial charge in [0.1, 0.15) is 0 Å². The number of nitrogens with two attached hydrogens (primary N) is 1. The van der Waals surface area contributed by atoms with E-state index in [0.717, 1.165) is 17.5 Å². The van der Waals surface area contributed by atoms with Gasteiger partial charge in [-0.25, -0.2) is 0 Å². The molecule has 0 heterocycles. The molecular formula is C14H21ClN2. The van der Waals surface area contributed by atoms with Crippen molar-refractivity contribution in [2.24, 2.45) is 11.7 Å². The fourth-order valence-corrected chi connectivity index (χ4v) is 2.33. The van der Waals surface area contributed by atoms with Crippen molar-refractivity contribution in [3.8, 4) is 0 Å². The van der Waals surface area contributed by atoms with E-state index in [4.69, 9.17) is 17.3 Å². The van der Waals surface area contributed by atoms with E-state index in [1.54, 1.807) is 0 Å². The second kappa shape index (κ2) is 6.39. The summed E-state index contributed by atoms with van der Waals surface area (Å²) < 4.78 is 0. The second-order valence-corrected chi connectivity index (χ2v) is 5.32. The Kier molecular flexibility index (Phi) is 4.84. The third-order valence-corrected chi connectivity index (χ3v) is 3.60. The van der Waals surface area contributed by atoms with Crippen LogP contribution in [0.1, 0.15) is 37.3 Å². The Labute approximate surface area is 109 Å². The number of rotatable bonds is 7. The molecule has 3 heteroatoms. The highest BCUT2D eigenvalue weighted by molar-refractivity contribution is 6.30. The standard InChI is InChI=1S/C14H21ClN2/c15-13-5-1-4-12(9-13)14(10-16)17-8-2-3-11-6-7-11/h1,4-5,9,11,14,17H,2-3,6-8,10,16H2. The molecule has 1 unspecified atom stereocenters. The Balaban J connectivity index is 1.78. The van der Waals surface area contributed by atoms with Crippen LogP contribution in [0.2, 0.25) is 5.02 Å². The summed E-state index contributed by atoms with van der Waals surface area (Å²) in [5, 5.41) is 4.29. The number of hydrogen-bond donors (Lipinski definition) is 2. The first-order chi connectivity index (χ1) is 8.29. The summed E-state index contributed by atoms with van der Waals surface area (Å²) >= 11 is 5.99. The third kappa shape index (κ3) is 4.30. The van der Waals surface area contributed by atoms with E-state index >= 15 is 0 Å². The van der Waals surface area contributed by atoms with Crippen LogP contribution in [0, 0.1) is 5.92 Å². The van der Waals surface area contributed by atoms with Gasteiger partial charge in [0.25, 0.3) is 0 Å². The zero-order valence-corrected chi connectivity index (χ0v) is 10.9. The largest absolute Gasteiger partial charge is 0.329 e. The summed E-state index contributed by atoms with van der Waals surface area (Å²) in [6.07, 6.45) is 5.49. The maximum Gasteiger partial charge on any atom is 0.0445 e. The van der Waals surface area contributed by atoms with E-state index < -0.39 is 0 Å². The quantitative estimate of drug-likeness (QED) is 0.732. The van der Waals surface area contributed by atoms with Crippen LogP contribution in [0.5, 0.6) is 0 Å². The predicted octanol–water partition coefficient (Wildman–Crippen LogP) is 3.12. The van der Waals surface area contributed by atoms with E-state index in [9.17, 15) is 0 Å². The van der Waals surface area contributed by atoms with Crippen LogP contribution in [0.15, 0.2) is 24.3 Å².